The molecule has 2 heterocycles. The predicted molar refractivity (Wildman–Crippen MR) is 108 cm³/mol. The minimum Gasteiger partial charge on any atom is -0.466 e. The highest BCUT2D eigenvalue weighted by molar-refractivity contribution is 5.86. The summed E-state index contributed by atoms with van der Waals surface area (Å²) >= 11 is 0. The first-order valence-electron chi connectivity index (χ1n) is 9.08. The largest absolute Gasteiger partial charge is 0.466 e. The molecule has 0 saturated carbocycles. The minimum absolute atomic E-state index is 0.307. The van der Waals surface area contributed by atoms with Crippen LogP contribution in [0.1, 0.15) is 48.0 Å². The Labute approximate surface area is 159 Å². The predicted octanol–water partition coefficient (Wildman–Crippen LogP) is 4.41. The van der Waals surface area contributed by atoms with Crippen molar-refractivity contribution in [2.45, 2.75) is 40.2 Å². The van der Waals surface area contributed by atoms with Gasteiger partial charge in [0.15, 0.2) is 5.65 Å². The van der Waals surface area contributed by atoms with E-state index in [1.165, 1.54) is 13.2 Å². The van der Waals surface area contributed by atoms with Crippen LogP contribution in [0.5, 0.6) is 0 Å². The number of nitrogens with zero attached hydrogens (tertiary/aromatic N) is 3. The Bertz CT molecular complexity index is 999. The molecule has 2 aromatic heterocycles. The first kappa shape index (κ1) is 18.8. The number of fused-ring (bicyclic) bond motifs is 1. The molecule has 3 rings (SSSR count). The molecule has 27 heavy (non-hydrogen) atoms. The van der Waals surface area contributed by atoms with E-state index in [1.54, 1.807) is 6.08 Å². The topological polar surface area (TPSA) is 57.0 Å². The number of hydrogen-bond donors (Lipinski definition) is 0. The summed E-state index contributed by atoms with van der Waals surface area (Å²) < 4.78 is 6.83. The van der Waals surface area contributed by atoms with E-state index in [1.807, 2.05) is 19.1 Å². The lowest BCUT2D eigenvalue weighted by molar-refractivity contribution is -0.134. The molecule has 0 aliphatic heterocycles. The van der Waals surface area contributed by atoms with Gasteiger partial charge in [-0.25, -0.2) is 14.8 Å². The number of benzene rings is 1. The van der Waals surface area contributed by atoms with Crippen LogP contribution in [-0.4, -0.2) is 27.6 Å². The Balaban J connectivity index is 1.95. The summed E-state index contributed by atoms with van der Waals surface area (Å²) in [5.74, 6) is 0.990. The van der Waals surface area contributed by atoms with Crippen LogP contribution < -0.4 is 0 Å². The number of aromatic nitrogens is 3. The quantitative estimate of drug-likeness (QED) is 0.498. The summed E-state index contributed by atoms with van der Waals surface area (Å²) in [4.78, 5) is 20.8. The van der Waals surface area contributed by atoms with Crippen LogP contribution in [0.3, 0.4) is 0 Å². The van der Waals surface area contributed by atoms with Gasteiger partial charge in [-0.1, -0.05) is 38.1 Å². The van der Waals surface area contributed by atoms with Gasteiger partial charge in [-0.05, 0) is 42.7 Å². The zero-order valence-electron chi connectivity index (χ0n) is 16.5. The molecular weight excluding hydrogens is 338 g/mol. The second-order valence-electron chi connectivity index (χ2n) is 7.06. The molecule has 0 fully saturated rings. The smallest absolute Gasteiger partial charge is 0.330 e. The zero-order chi connectivity index (χ0) is 19.6. The number of hydrogen-bond acceptors (Lipinski definition) is 4. The van der Waals surface area contributed by atoms with Crippen LogP contribution in [0.4, 0.5) is 0 Å². The van der Waals surface area contributed by atoms with E-state index < -0.39 is 0 Å². The standard InChI is InChI=1S/C22H25N3O2/c1-14(2)21-24-20-15(3)12-16(4)23-22(20)25(21)13-18-8-6-17(7-9-18)10-11-19(26)27-5/h6-12,14H,13H2,1-5H3/b11-10+. The molecule has 0 aliphatic carbocycles. The van der Waals surface area contributed by atoms with Gasteiger partial charge in [-0.15, -0.1) is 0 Å². The molecule has 0 unspecified atom stereocenters. The molecule has 5 nitrogen and oxygen atoms in total. The fourth-order valence-corrected chi connectivity index (χ4v) is 3.17. The molecule has 140 valence electrons. The molecule has 1 aromatic carbocycles. The van der Waals surface area contributed by atoms with Gasteiger partial charge < -0.3 is 9.30 Å². The van der Waals surface area contributed by atoms with Gasteiger partial charge in [-0.3, -0.25) is 0 Å². The van der Waals surface area contributed by atoms with Crippen LogP contribution in [0.15, 0.2) is 36.4 Å². The fraction of sp³-hybridized carbons (Fsp3) is 0.318. The minimum atomic E-state index is -0.359. The highest BCUT2D eigenvalue weighted by Crippen LogP contribution is 2.24. The van der Waals surface area contributed by atoms with Crippen molar-refractivity contribution < 1.29 is 9.53 Å². The van der Waals surface area contributed by atoms with Crippen molar-refractivity contribution in [3.8, 4) is 0 Å². The Kier molecular flexibility index (Phi) is 5.40. The number of carbonyl (C=O) groups is 1. The van der Waals surface area contributed by atoms with Crippen LogP contribution >= 0.6 is 0 Å². The van der Waals surface area contributed by atoms with E-state index in [0.717, 1.165) is 39.4 Å². The summed E-state index contributed by atoms with van der Waals surface area (Å²) in [6.45, 7) is 9.12. The Morgan fingerprint density at radius 1 is 1.19 bits per heavy atom. The SMILES string of the molecule is COC(=O)/C=C/c1ccc(Cn2c(C(C)C)nc3c(C)cc(C)nc32)cc1. The van der Waals surface area contributed by atoms with Crippen molar-refractivity contribution in [1.82, 2.24) is 14.5 Å². The van der Waals surface area contributed by atoms with Crippen LogP contribution in [0.25, 0.3) is 17.2 Å². The Morgan fingerprint density at radius 2 is 1.89 bits per heavy atom. The number of carbonyl (C=O) groups excluding carboxylic acids is 1. The molecule has 5 heteroatoms. The zero-order valence-corrected chi connectivity index (χ0v) is 16.5. The summed E-state index contributed by atoms with van der Waals surface area (Å²) in [5, 5.41) is 0. The second kappa shape index (κ2) is 7.74. The Hall–Kier alpha value is -2.95. The van der Waals surface area contributed by atoms with Crippen molar-refractivity contribution in [2.24, 2.45) is 0 Å². The third-order valence-corrected chi connectivity index (χ3v) is 4.50. The van der Waals surface area contributed by atoms with Crippen molar-refractivity contribution in [3.05, 3.63) is 64.6 Å². The highest BCUT2D eigenvalue weighted by atomic mass is 16.5. The molecule has 0 amide bonds. The van der Waals surface area contributed by atoms with Gasteiger partial charge >= 0.3 is 5.97 Å². The average Bonchev–Trinajstić information content (AvgIpc) is 3.00. The molecule has 0 saturated heterocycles. The molecule has 3 aromatic rings. The van der Waals surface area contributed by atoms with Crippen molar-refractivity contribution in [1.29, 1.82) is 0 Å². The van der Waals surface area contributed by atoms with Gasteiger partial charge in [0.05, 0.1) is 13.7 Å². The number of imidazole rings is 1. The number of methoxy groups -OCH3 is 1. The van der Waals surface area contributed by atoms with Gasteiger partial charge in [0.1, 0.15) is 11.3 Å². The third-order valence-electron chi connectivity index (χ3n) is 4.50. The molecule has 0 spiro atoms. The van der Waals surface area contributed by atoms with Crippen LogP contribution in [0.2, 0.25) is 0 Å². The van der Waals surface area contributed by atoms with E-state index in [0.29, 0.717) is 12.5 Å². The number of esters is 1. The van der Waals surface area contributed by atoms with Gasteiger partial charge in [0.25, 0.3) is 0 Å². The monoisotopic (exact) mass is 363 g/mol. The van der Waals surface area contributed by atoms with E-state index in [-0.39, 0.29) is 5.97 Å². The Morgan fingerprint density at radius 3 is 2.52 bits per heavy atom. The van der Waals surface area contributed by atoms with E-state index in [9.17, 15) is 4.79 Å². The van der Waals surface area contributed by atoms with Crippen molar-refractivity contribution >= 4 is 23.2 Å². The van der Waals surface area contributed by atoms with Gasteiger partial charge in [-0.2, -0.15) is 0 Å². The second-order valence-corrected chi connectivity index (χ2v) is 7.06. The van der Waals surface area contributed by atoms with Gasteiger partial charge in [0, 0.05) is 17.7 Å². The maximum atomic E-state index is 11.2. The van der Waals surface area contributed by atoms with Crippen LogP contribution in [-0.2, 0) is 16.1 Å². The average molecular weight is 363 g/mol. The van der Waals surface area contributed by atoms with Crippen LogP contribution in [0, 0.1) is 13.8 Å². The number of pyridine rings is 1. The lowest BCUT2D eigenvalue weighted by atomic mass is 10.1. The van der Waals surface area contributed by atoms with Gasteiger partial charge in [0.2, 0.25) is 0 Å². The first-order chi connectivity index (χ1) is 12.9. The van der Waals surface area contributed by atoms with Crippen molar-refractivity contribution in [2.75, 3.05) is 7.11 Å². The molecule has 0 N–H and O–H groups in total. The number of rotatable bonds is 5. The normalized spacial score (nSPS) is 11.6. The van der Waals surface area contributed by atoms with Crippen molar-refractivity contribution in [3.63, 3.8) is 0 Å². The molecule has 0 atom stereocenters. The van der Waals surface area contributed by atoms with E-state index in [2.05, 4.69) is 48.3 Å². The summed E-state index contributed by atoms with van der Waals surface area (Å²) in [6, 6.07) is 10.2. The maximum absolute atomic E-state index is 11.2. The molecule has 0 bridgehead atoms. The first-order valence-corrected chi connectivity index (χ1v) is 9.08. The highest BCUT2D eigenvalue weighted by Gasteiger charge is 2.17. The lowest BCUT2D eigenvalue weighted by Crippen LogP contribution is -2.07. The number of ether oxygens (including phenoxy) is 1. The molecule has 0 aliphatic rings. The summed E-state index contributed by atoms with van der Waals surface area (Å²) in [7, 11) is 1.37. The number of aryl methyl sites for hydroxylation is 2. The molecule has 0 radical (unpaired) electrons. The maximum Gasteiger partial charge on any atom is 0.330 e. The van der Waals surface area contributed by atoms with E-state index in [4.69, 9.17) is 9.97 Å². The molecular formula is C22H25N3O2. The summed E-state index contributed by atoms with van der Waals surface area (Å²) in [6.07, 6.45) is 3.17. The fourth-order valence-electron chi connectivity index (χ4n) is 3.17. The summed E-state index contributed by atoms with van der Waals surface area (Å²) in [5.41, 5.74) is 6.18. The third kappa shape index (κ3) is 4.08. The van der Waals surface area contributed by atoms with E-state index >= 15 is 0 Å². The lowest BCUT2D eigenvalue weighted by Gasteiger charge is -2.11.